The van der Waals surface area contributed by atoms with Gasteiger partial charge in [0.15, 0.2) is 11.6 Å². The topological polar surface area (TPSA) is 260 Å². The number of aliphatic hydroxyl groups is 2. The first-order chi connectivity index (χ1) is 32.8. The number of alkyl halides is 2. The highest BCUT2D eigenvalue weighted by Crippen LogP contribution is 2.31. The van der Waals surface area contributed by atoms with Gasteiger partial charge in [-0.1, -0.05) is 12.1 Å². The zero-order chi connectivity index (χ0) is 47.6. The molecule has 10 rings (SSSR count). The van der Waals surface area contributed by atoms with Gasteiger partial charge in [-0.2, -0.15) is 9.36 Å². The van der Waals surface area contributed by atoms with E-state index >= 15 is 8.78 Å². The summed E-state index contributed by atoms with van der Waals surface area (Å²) >= 11 is 0. The number of aromatic nitrogens is 10. The van der Waals surface area contributed by atoms with Crippen molar-refractivity contribution in [2.75, 3.05) is 78.7 Å². The average molecular weight is 945 g/mol. The third-order valence-corrected chi connectivity index (χ3v) is 13.2. The lowest BCUT2D eigenvalue weighted by Gasteiger charge is -2.39. The van der Waals surface area contributed by atoms with Gasteiger partial charge in [-0.15, -0.1) is 10.2 Å². The Labute approximate surface area is 387 Å². The maximum atomic E-state index is 15.2. The van der Waals surface area contributed by atoms with Crippen LogP contribution in [-0.2, 0) is 19.1 Å². The van der Waals surface area contributed by atoms with Gasteiger partial charge in [0.25, 0.3) is 0 Å². The molecule has 26 heteroatoms. The number of hydrogen-bond donors (Lipinski definition) is 2. The van der Waals surface area contributed by atoms with Crippen LogP contribution in [0.15, 0.2) is 71.9 Å². The van der Waals surface area contributed by atoms with Crippen molar-refractivity contribution in [2.24, 2.45) is 0 Å². The molecule has 6 aliphatic rings. The van der Waals surface area contributed by atoms with Crippen molar-refractivity contribution in [3.8, 4) is 11.6 Å². The number of pyridine rings is 2. The molecule has 0 radical (unpaired) electrons. The van der Waals surface area contributed by atoms with Crippen LogP contribution in [0, 0.1) is 0 Å². The van der Waals surface area contributed by atoms with Crippen molar-refractivity contribution in [3.05, 3.63) is 83.0 Å². The second kappa shape index (κ2) is 19.7. The maximum Gasteiger partial charge on any atom is 0.336 e. The van der Waals surface area contributed by atoms with Crippen LogP contribution in [0.1, 0.15) is 50.0 Å². The number of aliphatic hydroxyl groups excluding tert-OH is 2. The molecule has 0 unspecified atom stereocenters. The highest BCUT2D eigenvalue weighted by Gasteiger charge is 2.45. The number of rotatable bonds is 12. The number of likely N-dealkylation sites (tertiary alicyclic amines) is 2. The summed E-state index contributed by atoms with van der Waals surface area (Å²) in [5, 5.41) is 43.1. The van der Waals surface area contributed by atoms with Crippen LogP contribution in [0.5, 0.6) is 0 Å². The number of hydrogen-bond acceptors (Lipinski definition) is 18. The fourth-order valence-electron chi connectivity index (χ4n) is 9.36. The minimum atomic E-state index is -1.25. The van der Waals surface area contributed by atoms with E-state index in [0.717, 1.165) is 0 Å². The summed E-state index contributed by atoms with van der Waals surface area (Å²) in [6.45, 7) is 6.86. The van der Waals surface area contributed by atoms with Gasteiger partial charge in [0.1, 0.15) is 38.2 Å². The standard InChI is InChI=1S/2C21H25FN8O4/c2*1-13-17(11-34-20(13)32)29-7-6-28(21(29)33)16-4-5-27(9-15(16)22)10-18(31)14-2-3-19(23-8-14)30-12-24-25-26-30/h2*2-3,8,12,15-16,18,31H,4-7,9-11H2,1H3/t15-,16-,18+;15-,16-,18-/m10/s1. The zero-order valence-corrected chi connectivity index (χ0v) is 37.2. The number of carbonyl (C=O) groups is 4. The smallest absolute Gasteiger partial charge is 0.336 e. The second-order valence-corrected chi connectivity index (χ2v) is 17.3. The van der Waals surface area contributed by atoms with E-state index in [1.807, 2.05) is 9.80 Å². The molecule has 10 heterocycles. The molecule has 4 aromatic rings. The van der Waals surface area contributed by atoms with Gasteiger partial charge in [0.2, 0.25) is 0 Å². The first kappa shape index (κ1) is 46.2. The largest absolute Gasteiger partial charge is 0.456 e. The van der Waals surface area contributed by atoms with Gasteiger partial charge in [0.05, 0.1) is 46.8 Å². The highest BCUT2D eigenvalue weighted by molar-refractivity contribution is 5.93. The van der Waals surface area contributed by atoms with Gasteiger partial charge >= 0.3 is 24.0 Å². The number of amides is 4. The van der Waals surface area contributed by atoms with Gasteiger partial charge in [0, 0.05) is 89.0 Å². The molecule has 0 aliphatic carbocycles. The number of urea groups is 2. The molecule has 0 aromatic carbocycles. The minimum absolute atomic E-state index is 0.0746. The number of carbonyl (C=O) groups excluding carboxylic acids is 4. The van der Waals surface area contributed by atoms with Crippen LogP contribution in [0.25, 0.3) is 11.6 Å². The lowest BCUT2D eigenvalue weighted by molar-refractivity contribution is -0.136. The summed E-state index contributed by atoms with van der Waals surface area (Å²) in [5.74, 6) is 0.206. The summed E-state index contributed by atoms with van der Waals surface area (Å²) in [5.41, 5.74) is 3.20. The van der Waals surface area contributed by atoms with Crippen molar-refractivity contribution >= 4 is 24.0 Å². The van der Waals surface area contributed by atoms with Crippen molar-refractivity contribution in [2.45, 2.75) is 63.3 Å². The zero-order valence-electron chi connectivity index (χ0n) is 37.2. The van der Waals surface area contributed by atoms with Crippen molar-refractivity contribution in [3.63, 3.8) is 0 Å². The lowest BCUT2D eigenvalue weighted by Crippen LogP contribution is -2.54. The highest BCUT2D eigenvalue weighted by atomic mass is 19.1. The predicted molar refractivity (Wildman–Crippen MR) is 228 cm³/mol. The number of piperidine rings is 2. The monoisotopic (exact) mass is 944 g/mol. The SMILES string of the molecule is CC1=C(N2CCN([C@@H]3CCN(C[C@H](O)c4ccc(-n5cnnn5)nc4)C[C@H]3F)C2=O)COC1=O.CC1=C(N2CCN([C@H]3CCN(C[C@H](O)c4ccc(-n5cnnn5)nc4)C[C@@H]3F)C2=O)COC1=O. The number of halogens is 2. The normalized spacial score (nSPS) is 24.8. The van der Waals surface area contributed by atoms with E-state index in [9.17, 15) is 29.4 Å². The molecular weight excluding hydrogens is 895 g/mol. The fraction of sp³-hybridized carbons (Fsp3) is 0.524. The molecule has 68 heavy (non-hydrogen) atoms. The van der Waals surface area contributed by atoms with Gasteiger partial charge < -0.3 is 29.5 Å². The van der Waals surface area contributed by atoms with Gasteiger partial charge in [-0.25, -0.2) is 37.9 Å². The molecular formula is C42H50F2N16O8. The van der Waals surface area contributed by atoms with Crippen LogP contribution >= 0.6 is 0 Å². The Bertz CT molecular complexity index is 2360. The Morgan fingerprint density at radius 1 is 0.632 bits per heavy atom. The number of β-amino-alcohol motifs (C(OH)–C–C–N with tert-alkyl or cyclic N) is 2. The lowest BCUT2D eigenvalue weighted by atomic mass is 10.0. The van der Waals surface area contributed by atoms with Crippen LogP contribution < -0.4 is 0 Å². The summed E-state index contributed by atoms with van der Waals surface area (Å²) in [6, 6.07) is 5.21. The van der Waals surface area contributed by atoms with Crippen molar-refractivity contribution < 1.29 is 47.6 Å². The molecule has 4 amide bonds. The number of nitrogens with zero attached hydrogens (tertiary/aromatic N) is 16. The maximum absolute atomic E-state index is 15.2. The summed E-state index contributed by atoms with van der Waals surface area (Å²) in [6.07, 6.45) is 2.69. The minimum Gasteiger partial charge on any atom is -0.456 e. The van der Waals surface area contributed by atoms with E-state index in [-0.39, 0.29) is 51.5 Å². The second-order valence-electron chi connectivity index (χ2n) is 17.3. The Kier molecular flexibility index (Phi) is 13.4. The van der Waals surface area contributed by atoms with E-state index in [1.165, 1.54) is 31.8 Å². The van der Waals surface area contributed by atoms with E-state index in [2.05, 4.69) is 41.0 Å². The molecule has 4 saturated heterocycles. The van der Waals surface area contributed by atoms with Crippen molar-refractivity contribution in [1.82, 2.24) is 79.8 Å². The number of cyclic esters (lactones) is 2. The number of tetrazole rings is 2. The molecule has 2 N–H and O–H groups in total. The molecule has 6 aliphatic heterocycles. The van der Waals surface area contributed by atoms with Crippen LogP contribution in [-0.4, -0.2) is 217 Å². The van der Waals surface area contributed by atoms with Crippen molar-refractivity contribution in [1.29, 1.82) is 0 Å². The average Bonchev–Trinajstić information content (AvgIpc) is 4.23. The van der Waals surface area contributed by atoms with E-state index in [4.69, 9.17) is 9.47 Å². The van der Waals surface area contributed by atoms with Crippen LogP contribution in [0.2, 0.25) is 0 Å². The Hall–Kier alpha value is -6.90. The number of ether oxygens (including phenoxy) is 2. The van der Waals surface area contributed by atoms with E-state index in [0.29, 0.717) is 97.4 Å². The molecule has 24 nitrogen and oxygen atoms in total. The molecule has 0 saturated carbocycles. The summed E-state index contributed by atoms with van der Waals surface area (Å²) < 4.78 is 43.2. The quantitative estimate of drug-likeness (QED) is 0.179. The molecule has 4 aromatic heterocycles. The van der Waals surface area contributed by atoms with Gasteiger partial charge in [-0.3, -0.25) is 19.6 Å². The predicted octanol–water partition coefficient (Wildman–Crippen LogP) is 0.143. The molecule has 6 atom stereocenters. The Morgan fingerprint density at radius 2 is 1.06 bits per heavy atom. The van der Waals surface area contributed by atoms with E-state index in [1.54, 1.807) is 60.3 Å². The first-order valence-electron chi connectivity index (χ1n) is 22.2. The fourth-order valence-corrected chi connectivity index (χ4v) is 9.36. The summed E-state index contributed by atoms with van der Waals surface area (Å²) in [4.78, 5) is 67.6. The summed E-state index contributed by atoms with van der Waals surface area (Å²) in [7, 11) is 0. The number of esters is 2. The van der Waals surface area contributed by atoms with E-state index < -0.39 is 48.6 Å². The third kappa shape index (κ3) is 9.48. The molecule has 4 fully saturated rings. The van der Waals surface area contributed by atoms with Crippen LogP contribution in [0.4, 0.5) is 18.4 Å². The third-order valence-electron chi connectivity index (χ3n) is 13.2. The Morgan fingerprint density at radius 3 is 1.38 bits per heavy atom. The molecule has 0 spiro atoms. The van der Waals surface area contributed by atoms with Crippen LogP contribution in [0.3, 0.4) is 0 Å². The van der Waals surface area contributed by atoms with Gasteiger partial charge in [-0.05, 0) is 59.7 Å². The first-order valence-corrected chi connectivity index (χ1v) is 22.2. The molecule has 360 valence electrons. The Balaban J connectivity index is 0.000000170. The molecule has 0 bridgehead atoms.